The van der Waals surface area contributed by atoms with Gasteiger partial charge in [0.1, 0.15) is 6.26 Å². The number of aliphatic hydroxyl groups is 1. The van der Waals surface area contributed by atoms with Crippen LogP contribution in [0.1, 0.15) is 77.0 Å². The van der Waals surface area contributed by atoms with Crippen LogP contribution in [0.2, 0.25) is 0 Å². The molecule has 0 aromatic carbocycles. The van der Waals surface area contributed by atoms with Gasteiger partial charge in [-0.1, -0.05) is 38.5 Å². The zero-order valence-corrected chi connectivity index (χ0v) is 22.0. The third kappa shape index (κ3) is 24.8. The van der Waals surface area contributed by atoms with Gasteiger partial charge in [-0.25, -0.2) is 4.57 Å². The van der Waals surface area contributed by atoms with E-state index in [1.54, 1.807) is 0 Å². The van der Waals surface area contributed by atoms with Gasteiger partial charge in [0.05, 0.1) is 10.00 Å². The second-order valence-electron chi connectivity index (χ2n) is 7.01. The molecule has 0 aliphatic carbocycles. The van der Waals surface area contributed by atoms with Crippen molar-refractivity contribution in [3.8, 4) is 0 Å². The maximum atomic E-state index is 11.5. The Hall–Kier alpha value is 0.530. The normalized spacial score (nSPS) is 13.2. The summed E-state index contributed by atoms with van der Waals surface area (Å²) in [5.41, 5.74) is 0. The van der Waals surface area contributed by atoms with Crippen molar-refractivity contribution in [2.45, 2.75) is 77.0 Å². The number of aliphatic hydroxyl groups excluding tert-OH is 1. The second kappa shape index (κ2) is 22.7. The number of halogens is 2. The van der Waals surface area contributed by atoms with E-state index in [1.807, 2.05) is 0 Å². The van der Waals surface area contributed by atoms with E-state index in [2.05, 4.69) is 36.4 Å². The molecule has 0 aromatic rings. The molecule has 0 spiro atoms. The first-order valence-corrected chi connectivity index (χ1v) is 14.0. The molecule has 0 aliphatic heterocycles. The van der Waals surface area contributed by atoms with Crippen LogP contribution in [-0.4, -0.2) is 49.6 Å². The van der Waals surface area contributed by atoms with Crippen LogP contribution in [0.5, 0.6) is 0 Å². The van der Waals surface area contributed by atoms with Crippen molar-refractivity contribution in [2.75, 3.05) is 39.6 Å². The highest BCUT2D eigenvalue weighted by Crippen LogP contribution is 2.44. The summed E-state index contributed by atoms with van der Waals surface area (Å²) >= 11 is 6.06. The fourth-order valence-electron chi connectivity index (χ4n) is 2.61. The molecule has 2 N–H and O–H groups in total. The SMILES string of the molecule is O=P(O)(OC=C(Br)Br)OCCCCCCOCCCCCCOCCCCCCO. The highest BCUT2D eigenvalue weighted by Gasteiger charge is 2.20. The maximum Gasteiger partial charge on any atom is 0.526 e. The van der Waals surface area contributed by atoms with Gasteiger partial charge in [-0.15, -0.1) is 0 Å². The van der Waals surface area contributed by atoms with Crippen LogP contribution >= 0.6 is 39.7 Å². The Morgan fingerprint density at radius 3 is 1.50 bits per heavy atom. The minimum absolute atomic E-state index is 0.190. The van der Waals surface area contributed by atoms with Crippen LogP contribution in [0.15, 0.2) is 9.65 Å². The Morgan fingerprint density at radius 1 is 0.700 bits per heavy atom. The average molecular weight is 582 g/mol. The van der Waals surface area contributed by atoms with Crippen molar-refractivity contribution in [3.05, 3.63) is 9.65 Å². The van der Waals surface area contributed by atoms with Gasteiger partial charge in [-0.05, 0) is 70.4 Å². The first-order valence-electron chi connectivity index (χ1n) is 10.9. The maximum absolute atomic E-state index is 11.5. The smallest absolute Gasteiger partial charge is 0.410 e. The summed E-state index contributed by atoms with van der Waals surface area (Å²) in [6.45, 7) is 3.72. The van der Waals surface area contributed by atoms with Gasteiger partial charge in [0, 0.05) is 33.0 Å². The molecule has 30 heavy (non-hydrogen) atoms. The number of phosphoric acid groups is 1. The van der Waals surface area contributed by atoms with E-state index in [4.69, 9.17) is 19.1 Å². The summed E-state index contributed by atoms with van der Waals surface area (Å²) in [5.74, 6) is 0. The molecule has 0 saturated heterocycles. The highest BCUT2D eigenvalue weighted by molar-refractivity contribution is 9.28. The van der Waals surface area contributed by atoms with Crippen molar-refractivity contribution in [1.29, 1.82) is 0 Å². The molecule has 1 atom stereocenters. The summed E-state index contributed by atoms with van der Waals surface area (Å²) in [5, 5.41) is 8.69. The molecular weight excluding hydrogens is 543 g/mol. The van der Waals surface area contributed by atoms with Crippen molar-refractivity contribution in [2.24, 2.45) is 0 Å². The summed E-state index contributed by atoms with van der Waals surface area (Å²) in [6.07, 6.45) is 13.4. The quantitative estimate of drug-likeness (QED) is 0.0817. The predicted molar refractivity (Wildman–Crippen MR) is 127 cm³/mol. The lowest BCUT2D eigenvalue weighted by atomic mass is 10.2. The molecule has 7 nitrogen and oxygen atoms in total. The van der Waals surface area contributed by atoms with Gasteiger partial charge in [-0.2, -0.15) is 0 Å². The van der Waals surface area contributed by atoms with Crippen LogP contribution in [-0.2, 0) is 23.1 Å². The van der Waals surface area contributed by atoms with Crippen LogP contribution in [0.4, 0.5) is 0 Å². The Labute approximate surface area is 198 Å². The van der Waals surface area contributed by atoms with Crippen molar-refractivity contribution in [3.63, 3.8) is 0 Å². The molecule has 0 bridgehead atoms. The molecule has 0 heterocycles. The molecule has 0 aliphatic rings. The van der Waals surface area contributed by atoms with E-state index >= 15 is 0 Å². The van der Waals surface area contributed by atoms with Crippen LogP contribution < -0.4 is 0 Å². The van der Waals surface area contributed by atoms with E-state index < -0.39 is 7.82 Å². The van der Waals surface area contributed by atoms with E-state index in [1.165, 1.54) is 12.8 Å². The number of hydrogen-bond acceptors (Lipinski definition) is 6. The fraction of sp³-hybridized carbons (Fsp3) is 0.900. The van der Waals surface area contributed by atoms with Gasteiger partial charge < -0.3 is 19.1 Å². The minimum atomic E-state index is -4.02. The molecular formula is C20H39Br2O7P. The van der Waals surface area contributed by atoms with Gasteiger partial charge in [-0.3, -0.25) is 9.42 Å². The zero-order valence-electron chi connectivity index (χ0n) is 17.9. The molecule has 10 heteroatoms. The first kappa shape index (κ1) is 30.5. The number of ether oxygens (including phenoxy) is 2. The Balaban J connectivity index is 3.20. The molecule has 0 amide bonds. The monoisotopic (exact) mass is 580 g/mol. The van der Waals surface area contributed by atoms with Gasteiger partial charge in [0.25, 0.3) is 0 Å². The third-order valence-electron chi connectivity index (χ3n) is 4.24. The summed E-state index contributed by atoms with van der Waals surface area (Å²) in [4.78, 5) is 9.41. The van der Waals surface area contributed by atoms with E-state index in [0.29, 0.717) is 16.4 Å². The summed E-state index contributed by atoms with van der Waals surface area (Å²) < 4.78 is 32.7. The fourth-order valence-corrected chi connectivity index (χ4v) is 3.75. The van der Waals surface area contributed by atoms with Crippen LogP contribution in [0.3, 0.4) is 0 Å². The number of phosphoric ester groups is 1. The lowest BCUT2D eigenvalue weighted by Gasteiger charge is -2.10. The zero-order chi connectivity index (χ0) is 22.3. The number of rotatable bonds is 23. The molecule has 1 unspecified atom stereocenters. The van der Waals surface area contributed by atoms with E-state index in [0.717, 1.165) is 90.5 Å². The van der Waals surface area contributed by atoms with Gasteiger partial charge >= 0.3 is 7.82 Å². The molecule has 180 valence electrons. The van der Waals surface area contributed by atoms with Crippen molar-refractivity contribution in [1.82, 2.24) is 0 Å². The second-order valence-corrected chi connectivity index (χ2v) is 11.2. The van der Waals surface area contributed by atoms with Gasteiger partial charge in [0.2, 0.25) is 0 Å². The molecule has 0 fully saturated rings. The summed E-state index contributed by atoms with van der Waals surface area (Å²) in [6, 6.07) is 0. The minimum Gasteiger partial charge on any atom is -0.410 e. The van der Waals surface area contributed by atoms with Crippen LogP contribution in [0, 0.1) is 0 Å². The van der Waals surface area contributed by atoms with Gasteiger partial charge in [0.15, 0.2) is 0 Å². The first-order chi connectivity index (χ1) is 14.5. The average Bonchev–Trinajstić information content (AvgIpc) is 2.71. The topological polar surface area (TPSA) is 94.5 Å². The third-order valence-corrected chi connectivity index (χ3v) is 5.49. The standard InChI is InChI=1S/C20H39Br2O7P/c21-20(22)19-29-30(24,25)28-18-12-6-5-11-17-27-16-10-4-3-9-15-26-14-8-2-1-7-13-23/h19,23H,1-18H2,(H,24,25). The lowest BCUT2D eigenvalue weighted by Crippen LogP contribution is -1.99. The number of unbranched alkanes of at least 4 members (excludes halogenated alkanes) is 9. The molecule has 0 saturated carbocycles. The molecule has 0 aromatic heterocycles. The Bertz CT molecular complexity index is 449. The van der Waals surface area contributed by atoms with Crippen molar-refractivity contribution >= 4 is 39.7 Å². The Morgan fingerprint density at radius 2 is 1.10 bits per heavy atom. The van der Waals surface area contributed by atoms with E-state index in [-0.39, 0.29) is 6.61 Å². The number of hydrogen-bond donors (Lipinski definition) is 2. The predicted octanol–water partition coefficient (Wildman–Crippen LogP) is 6.42. The summed E-state index contributed by atoms with van der Waals surface area (Å²) in [7, 11) is -4.02. The van der Waals surface area contributed by atoms with E-state index in [9.17, 15) is 9.46 Å². The molecule has 0 rings (SSSR count). The Kier molecular flexibility index (Phi) is 23.1. The van der Waals surface area contributed by atoms with Crippen LogP contribution in [0.25, 0.3) is 0 Å². The van der Waals surface area contributed by atoms with Crippen molar-refractivity contribution < 1.29 is 33.1 Å². The lowest BCUT2D eigenvalue weighted by molar-refractivity contribution is 0.117. The molecule has 0 radical (unpaired) electrons. The largest absolute Gasteiger partial charge is 0.526 e. The highest BCUT2D eigenvalue weighted by atomic mass is 79.9.